The van der Waals surface area contributed by atoms with Gasteiger partial charge in [0.2, 0.25) is 11.8 Å². The molecule has 2 aromatic rings. The maximum Gasteiger partial charge on any atom is 0.460 e. The molecule has 1 heterocycles. The summed E-state index contributed by atoms with van der Waals surface area (Å²) < 4.78 is 61.1. The van der Waals surface area contributed by atoms with E-state index in [1.165, 1.54) is 25.1 Å². The molecule has 0 aliphatic carbocycles. The summed E-state index contributed by atoms with van der Waals surface area (Å²) in [4.78, 5) is 30.6. The van der Waals surface area contributed by atoms with Crippen molar-refractivity contribution in [3.63, 3.8) is 0 Å². The van der Waals surface area contributed by atoms with Crippen molar-refractivity contribution < 1.29 is 36.3 Å². The molecule has 0 spiro atoms. The van der Waals surface area contributed by atoms with Crippen LogP contribution in [-0.4, -0.2) is 42.5 Å². The second-order valence-electron chi connectivity index (χ2n) is 5.27. The van der Waals surface area contributed by atoms with Gasteiger partial charge in [-0.3, -0.25) is 5.32 Å². The fourth-order valence-electron chi connectivity index (χ4n) is 2.05. The highest BCUT2D eigenvalue weighted by Crippen LogP contribution is 2.26. The molecule has 0 unspecified atom stereocenters. The van der Waals surface area contributed by atoms with Crippen LogP contribution in [0.4, 0.5) is 19.5 Å². The Labute approximate surface area is 171 Å². The minimum Gasteiger partial charge on any atom is -0.465 e. The van der Waals surface area contributed by atoms with Crippen molar-refractivity contribution in [1.82, 2.24) is 14.7 Å². The second kappa shape index (κ2) is 8.65. The minimum absolute atomic E-state index is 0.154. The smallest absolute Gasteiger partial charge is 0.460 e. The van der Waals surface area contributed by atoms with Gasteiger partial charge in [-0.05, 0) is 19.1 Å². The highest BCUT2D eigenvalue weighted by molar-refractivity contribution is 9.09. The Morgan fingerprint density at radius 1 is 1.21 bits per heavy atom. The third-order valence-corrected chi connectivity index (χ3v) is 4.64. The molecule has 14 heteroatoms. The summed E-state index contributed by atoms with van der Waals surface area (Å²) in [6.07, 6.45) is 0. The third-order valence-electron chi connectivity index (χ3n) is 3.09. The molecule has 2 amide bonds. The average Bonchev–Trinajstić information content (AvgIpc) is 2.58. The number of sulfonamides is 1. The van der Waals surface area contributed by atoms with Gasteiger partial charge in [-0.1, -0.05) is 12.1 Å². The Morgan fingerprint density at radius 2 is 1.86 bits per heavy atom. The number of halogens is 3. The summed E-state index contributed by atoms with van der Waals surface area (Å²) in [5, 5.41) is -1.72. The van der Waals surface area contributed by atoms with Gasteiger partial charge in [0.05, 0.1) is 12.7 Å². The lowest BCUT2D eigenvalue weighted by atomic mass is 10.2. The normalized spacial score (nSPS) is 11.5. The third kappa shape index (κ3) is 6.32. The summed E-state index contributed by atoms with van der Waals surface area (Å²) in [6, 6.07) is 4.81. The van der Waals surface area contributed by atoms with Gasteiger partial charge in [0.15, 0.2) is 0 Å². The predicted molar refractivity (Wildman–Crippen MR) is 98.4 cm³/mol. The number of hydrogen-bond donors (Lipinski definition) is 2. The fourth-order valence-corrected chi connectivity index (χ4v) is 3.32. The summed E-state index contributed by atoms with van der Waals surface area (Å²) >= 11 is 1.97. The quantitative estimate of drug-likeness (QED) is 0.461. The van der Waals surface area contributed by atoms with E-state index in [9.17, 15) is 26.8 Å². The van der Waals surface area contributed by atoms with Crippen molar-refractivity contribution in [2.75, 3.05) is 12.4 Å². The van der Waals surface area contributed by atoms with Crippen LogP contribution < -0.4 is 14.8 Å². The number of rotatable bonds is 6. The number of nitrogens with zero attached hydrogens (tertiary/aromatic N) is 2. The molecule has 1 aromatic carbocycles. The number of esters is 1. The summed E-state index contributed by atoms with van der Waals surface area (Å²) in [6.45, 7) is 1.41. The Bertz CT molecular complexity index is 1050. The molecule has 10 nitrogen and oxygen atoms in total. The largest absolute Gasteiger partial charge is 0.465 e. The van der Waals surface area contributed by atoms with E-state index >= 15 is 0 Å². The lowest BCUT2D eigenvalue weighted by Gasteiger charge is -2.13. The number of urea groups is 1. The number of methoxy groups -OCH3 is 1. The second-order valence-corrected chi connectivity index (χ2v) is 7.84. The number of aromatic nitrogens is 2. The first-order valence-corrected chi connectivity index (χ1v) is 9.81. The van der Waals surface area contributed by atoms with Crippen LogP contribution in [0.15, 0.2) is 35.2 Å². The van der Waals surface area contributed by atoms with E-state index in [-0.39, 0.29) is 11.3 Å². The molecule has 0 saturated heterocycles. The number of aryl methyl sites for hydroxylation is 1. The van der Waals surface area contributed by atoms with E-state index in [1.807, 2.05) is 21.2 Å². The number of carbonyl (C=O) groups is 2. The van der Waals surface area contributed by atoms with E-state index in [0.717, 1.165) is 19.2 Å². The van der Waals surface area contributed by atoms with Gasteiger partial charge >= 0.3 is 17.0 Å². The topological polar surface area (TPSA) is 137 Å². The van der Waals surface area contributed by atoms with Crippen LogP contribution in [0.1, 0.15) is 16.1 Å². The van der Waals surface area contributed by atoms with E-state index in [1.54, 1.807) is 4.72 Å². The first-order valence-electron chi connectivity index (χ1n) is 7.54. The maximum atomic E-state index is 12.9. The van der Waals surface area contributed by atoms with Crippen molar-refractivity contribution >= 4 is 43.9 Å². The standard InChI is InChI=1S/C15H13BrF2N4O6S/c1-8-7-11(28-15(16,17)18)20-13(19-8)21-14(24)22-29(25,26)10-6-4-3-5-9(10)12(23)27-2/h3-7H,1-2H3,(H2,19,20,21,22,24). The molecule has 0 aliphatic heterocycles. The van der Waals surface area contributed by atoms with Crippen LogP contribution in [-0.2, 0) is 14.8 Å². The van der Waals surface area contributed by atoms with Crippen LogP contribution in [0.3, 0.4) is 0 Å². The molecule has 0 fully saturated rings. The number of carbonyl (C=O) groups excluding carboxylic acids is 2. The van der Waals surface area contributed by atoms with Gasteiger partial charge in [0.25, 0.3) is 10.0 Å². The molecule has 156 valence electrons. The summed E-state index contributed by atoms with van der Waals surface area (Å²) in [5.41, 5.74) is -0.140. The van der Waals surface area contributed by atoms with Crippen molar-refractivity contribution in [2.24, 2.45) is 0 Å². The molecule has 0 saturated carbocycles. The van der Waals surface area contributed by atoms with Crippen LogP contribution >= 0.6 is 15.9 Å². The predicted octanol–water partition coefficient (Wildman–Crippen LogP) is 2.41. The first kappa shape index (κ1) is 22.4. The first-order chi connectivity index (χ1) is 13.4. The zero-order valence-corrected chi connectivity index (χ0v) is 17.2. The molecule has 2 rings (SSSR count). The van der Waals surface area contributed by atoms with E-state index in [0.29, 0.717) is 0 Å². The number of benzene rings is 1. The Balaban J connectivity index is 2.22. The lowest BCUT2D eigenvalue weighted by molar-refractivity contribution is -0.0830. The van der Waals surface area contributed by atoms with Gasteiger partial charge in [-0.2, -0.15) is 13.8 Å². The van der Waals surface area contributed by atoms with Gasteiger partial charge in [0, 0.05) is 27.7 Å². The molecule has 0 aliphatic rings. The van der Waals surface area contributed by atoms with E-state index < -0.39 is 43.8 Å². The number of ether oxygens (including phenoxy) is 2. The zero-order valence-electron chi connectivity index (χ0n) is 14.8. The number of nitrogens with one attached hydrogen (secondary N) is 2. The molecule has 29 heavy (non-hydrogen) atoms. The Hall–Kier alpha value is -2.87. The molecule has 2 N–H and O–H groups in total. The summed E-state index contributed by atoms with van der Waals surface area (Å²) in [5.74, 6) is -2.00. The highest BCUT2D eigenvalue weighted by Gasteiger charge is 2.28. The van der Waals surface area contributed by atoms with Crippen molar-refractivity contribution in [2.45, 2.75) is 16.8 Å². The number of alkyl halides is 3. The minimum atomic E-state index is -4.49. The van der Waals surface area contributed by atoms with Crippen LogP contribution in [0, 0.1) is 6.92 Å². The highest BCUT2D eigenvalue weighted by atomic mass is 79.9. The monoisotopic (exact) mass is 494 g/mol. The van der Waals surface area contributed by atoms with Gasteiger partial charge in [-0.15, -0.1) is 0 Å². The fraction of sp³-hybridized carbons (Fsp3) is 0.200. The molecule has 0 bridgehead atoms. The number of hydrogen-bond acceptors (Lipinski definition) is 8. The Morgan fingerprint density at radius 3 is 2.48 bits per heavy atom. The maximum absolute atomic E-state index is 12.9. The zero-order chi connectivity index (χ0) is 21.8. The molecule has 0 radical (unpaired) electrons. The van der Waals surface area contributed by atoms with Crippen LogP contribution in [0.25, 0.3) is 0 Å². The lowest BCUT2D eigenvalue weighted by Crippen LogP contribution is -2.35. The average molecular weight is 495 g/mol. The number of anilines is 1. The van der Waals surface area contributed by atoms with Gasteiger partial charge < -0.3 is 9.47 Å². The van der Waals surface area contributed by atoms with Crippen LogP contribution in [0.2, 0.25) is 0 Å². The summed E-state index contributed by atoms with van der Waals surface area (Å²) in [7, 11) is -3.43. The Kier molecular flexibility index (Phi) is 6.69. The van der Waals surface area contributed by atoms with Crippen molar-refractivity contribution in [1.29, 1.82) is 0 Å². The molecule has 1 aromatic heterocycles. The van der Waals surface area contributed by atoms with Gasteiger partial charge in [0.1, 0.15) is 4.90 Å². The molecule has 0 atom stereocenters. The molecular weight excluding hydrogens is 482 g/mol. The van der Waals surface area contributed by atoms with Crippen molar-refractivity contribution in [3.8, 4) is 5.88 Å². The molecular formula is C15H13BrF2N4O6S. The van der Waals surface area contributed by atoms with Crippen molar-refractivity contribution in [3.05, 3.63) is 41.6 Å². The van der Waals surface area contributed by atoms with E-state index in [2.05, 4.69) is 19.4 Å². The van der Waals surface area contributed by atoms with Crippen LogP contribution in [0.5, 0.6) is 5.88 Å². The van der Waals surface area contributed by atoms with Gasteiger partial charge in [-0.25, -0.2) is 27.7 Å². The SMILES string of the molecule is COC(=O)c1ccccc1S(=O)(=O)NC(=O)Nc1nc(C)cc(OC(F)(F)Br)n1. The van der Waals surface area contributed by atoms with E-state index in [4.69, 9.17) is 0 Å². The number of amides is 2.